The first-order chi connectivity index (χ1) is 8.54. The maximum atomic E-state index is 13.3. The predicted molar refractivity (Wildman–Crippen MR) is 66.2 cm³/mol. The second-order valence-electron chi connectivity index (χ2n) is 3.69. The number of rotatable bonds is 7. The molecule has 6 heteroatoms. The Morgan fingerprint density at radius 3 is 2.89 bits per heavy atom. The molecule has 0 radical (unpaired) electrons. The van der Waals surface area contributed by atoms with E-state index in [9.17, 15) is 14.5 Å². The quantitative estimate of drug-likeness (QED) is 0.460. The van der Waals surface area contributed by atoms with Gasteiger partial charge >= 0.3 is 5.69 Å². The van der Waals surface area contributed by atoms with Crippen molar-refractivity contribution in [2.45, 2.75) is 6.92 Å². The molecular weight excluding hydrogens is 239 g/mol. The number of ether oxygens (including phenoxy) is 1. The van der Waals surface area contributed by atoms with Crippen LogP contribution in [0.3, 0.4) is 0 Å². The third kappa shape index (κ3) is 4.14. The molecule has 0 amide bonds. The van der Waals surface area contributed by atoms with Crippen molar-refractivity contribution in [1.29, 1.82) is 0 Å². The van der Waals surface area contributed by atoms with Crippen LogP contribution in [0.25, 0.3) is 0 Å². The van der Waals surface area contributed by atoms with Crippen molar-refractivity contribution in [1.82, 2.24) is 5.32 Å². The summed E-state index contributed by atoms with van der Waals surface area (Å²) in [5, 5.41) is 13.5. The van der Waals surface area contributed by atoms with Crippen molar-refractivity contribution in [2.75, 3.05) is 19.7 Å². The van der Waals surface area contributed by atoms with Gasteiger partial charge in [0.1, 0.15) is 12.4 Å². The highest BCUT2D eigenvalue weighted by Crippen LogP contribution is 2.22. The minimum atomic E-state index is -0.908. The molecule has 1 N–H and O–H groups in total. The number of nitrogens with one attached hydrogen (secondary N) is 1. The number of nitro groups is 1. The average molecular weight is 254 g/mol. The van der Waals surface area contributed by atoms with Gasteiger partial charge < -0.3 is 10.1 Å². The highest BCUT2D eigenvalue weighted by atomic mass is 19.1. The van der Waals surface area contributed by atoms with Crippen molar-refractivity contribution in [3.8, 4) is 5.75 Å². The van der Waals surface area contributed by atoms with Gasteiger partial charge in [-0.25, -0.2) is 0 Å². The number of hydrogen-bond donors (Lipinski definition) is 1. The summed E-state index contributed by atoms with van der Waals surface area (Å²) in [6.45, 7) is 7.44. The summed E-state index contributed by atoms with van der Waals surface area (Å²) in [6.07, 6.45) is 0. The normalized spacial score (nSPS) is 10.1. The number of nitro benzene ring substituents is 1. The second kappa shape index (κ2) is 6.70. The van der Waals surface area contributed by atoms with Crippen LogP contribution in [0, 0.1) is 15.9 Å². The summed E-state index contributed by atoms with van der Waals surface area (Å²) in [7, 11) is 0. The third-order valence-electron chi connectivity index (χ3n) is 2.18. The van der Waals surface area contributed by atoms with Gasteiger partial charge in [-0.1, -0.05) is 13.5 Å². The minimum absolute atomic E-state index is 0.240. The Labute approximate surface area is 104 Å². The Morgan fingerprint density at radius 2 is 2.33 bits per heavy atom. The summed E-state index contributed by atoms with van der Waals surface area (Å²) in [4.78, 5) is 9.65. The number of nitrogens with zero attached hydrogens (tertiary/aromatic N) is 1. The van der Waals surface area contributed by atoms with Gasteiger partial charge in [-0.2, -0.15) is 4.39 Å². The molecule has 0 bridgehead atoms. The zero-order valence-corrected chi connectivity index (χ0v) is 10.1. The molecule has 5 nitrogen and oxygen atoms in total. The van der Waals surface area contributed by atoms with Gasteiger partial charge in [0.15, 0.2) is 0 Å². The van der Waals surface area contributed by atoms with Crippen LogP contribution < -0.4 is 10.1 Å². The summed E-state index contributed by atoms with van der Waals surface area (Å²) in [5.41, 5.74) is 0.254. The van der Waals surface area contributed by atoms with Gasteiger partial charge in [0, 0.05) is 18.7 Å². The standard InChI is InChI=1S/C12H15FN2O3/c1-3-14-7-9(2)8-18-10-4-5-12(15(16)17)11(13)6-10/h4-6,14H,2-3,7-8H2,1H3. The van der Waals surface area contributed by atoms with Crippen molar-refractivity contribution in [2.24, 2.45) is 0 Å². The van der Waals surface area contributed by atoms with E-state index in [4.69, 9.17) is 4.74 Å². The molecule has 0 spiro atoms. The maximum absolute atomic E-state index is 13.3. The summed E-state index contributed by atoms with van der Waals surface area (Å²) in [5.74, 6) is -0.662. The molecule has 18 heavy (non-hydrogen) atoms. The Kier molecular flexibility index (Phi) is 5.26. The average Bonchev–Trinajstić information content (AvgIpc) is 2.33. The second-order valence-corrected chi connectivity index (χ2v) is 3.69. The molecule has 0 aromatic heterocycles. The molecule has 0 unspecified atom stereocenters. The smallest absolute Gasteiger partial charge is 0.305 e. The molecular formula is C12H15FN2O3. The molecule has 0 fully saturated rings. The lowest BCUT2D eigenvalue weighted by Gasteiger charge is -2.09. The molecule has 1 aromatic carbocycles. The van der Waals surface area contributed by atoms with Gasteiger partial charge in [-0.05, 0) is 18.2 Å². The van der Waals surface area contributed by atoms with Crippen LogP contribution in [0.4, 0.5) is 10.1 Å². The van der Waals surface area contributed by atoms with Gasteiger partial charge in [-0.3, -0.25) is 10.1 Å². The van der Waals surface area contributed by atoms with Crippen LogP contribution in [0.5, 0.6) is 5.75 Å². The van der Waals surface area contributed by atoms with Crippen molar-refractivity contribution >= 4 is 5.69 Å². The molecule has 0 aliphatic carbocycles. The van der Waals surface area contributed by atoms with E-state index in [2.05, 4.69) is 11.9 Å². The summed E-state index contributed by atoms with van der Waals surface area (Å²) >= 11 is 0. The van der Waals surface area contributed by atoms with Crippen LogP contribution in [0.1, 0.15) is 6.92 Å². The fraction of sp³-hybridized carbons (Fsp3) is 0.333. The first-order valence-electron chi connectivity index (χ1n) is 5.48. The number of likely N-dealkylation sites (N-methyl/N-ethyl adjacent to an activating group) is 1. The maximum Gasteiger partial charge on any atom is 0.305 e. The topological polar surface area (TPSA) is 64.4 Å². The highest BCUT2D eigenvalue weighted by molar-refractivity contribution is 5.38. The Morgan fingerprint density at radius 1 is 1.61 bits per heavy atom. The van der Waals surface area contributed by atoms with E-state index in [1.165, 1.54) is 6.07 Å². The van der Waals surface area contributed by atoms with Gasteiger partial charge in [0.25, 0.3) is 0 Å². The molecule has 1 rings (SSSR count). The van der Waals surface area contributed by atoms with Crippen LogP contribution in [-0.2, 0) is 0 Å². The molecule has 0 heterocycles. The molecule has 0 saturated heterocycles. The van der Waals surface area contributed by atoms with Crippen molar-refractivity contribution in [3.63, 3.8) is 0 Å². The summed E-state index contributed by atoms with van der Waals surface area (Å²) in [6, 6.07) is 3.44. The van der Waals surface area contributed by atoms with Crippen LogP contribution in [0.2, 0.25) is 0 Å². The van der Waals surface area contributed by atoms with Crippen LogP contribution in [-0.4, -0.2) is 24.6 Å². The molecule has 0 saturated carbocycles. The zero-order valence-electron chi connectivity index (χ0n) is 10.1. The lowest BCUT2D eigenvalue weighted by Crippen LogP contribution is -2.18. The Bertz CT molecular complexity index is 449. The fourth-order valence-corrected chi connectivity index (χ4v) is 1.26. The molecule has 98 valence electrons. The van der Waals surface area contributed by atoms with Crippen LogP contribution in [0.15, 0.2) is 30.4 Å². The van der Waals surface area contributed by atoms with E-state index in [1.807, 2.05) is 6.92 Å². The van der Waals surface area contributed by atoms with E-state index in [1.54, 1.807) is 0 Å². The first-order valence-corrected chi connectivity index (χ1v) is 5.48. The van der Waals surface area contributed by atoms with E-state index in [0.717, 1.165) is 24.3 Å². The Balaban J connectivity index is 2.56. The number of halogens is 1. The molecule has 0 atom stereocenters. The lowest BCUT2D eigenvalue weighted by molar-refractivity contribution is -0.387. The van der Waals surface area contributed by atoms with E-state index >= 15 is 0 Å². The van der Waals surface area contributed by atoms with Gasteiger partial charge in [0.2, 0.25) is 5.82 Å². The predicted octanol–water partition coefficient (Wildman–Crippen LogP) is 2.28. The molecule has 0 aliphatic rings. The van der Waals surface area contributed by atoms with E-state index in [0.29, 0.717) is 6.54 Å². The SMILES string of the molecule is C=C(CNCC)COc1ccc([N+](=O)[O-])c(F)c1. The summed E-state index contributed by atoms with van der Waals surface area (Å²) < 4.78 is 18.5. The monoisotopic (exact) mass is 254 g/mol. The molecule has 0 aliphatic heterocycles. The Hall–Kier alpha value is -1.95. The fourth-order valence-electron chi connectivity index (χ4n) is 1.26. The van der Waals surface area contributed by atoms with Crippen LogP contribution >= 0.6 is 0 Å². The van der Waals surface area contributed by atoms with E-state index in [-0.39, 0.29) is 12.4 Å². The minimum Gasteiger partial charge on any atom is -0.489 e. The van der Waals surface area contributed by atoms with Gasteiger partial charge in [-0.15, -0.1) is 0 Å². The number of benzene rings is 1. The first kappa shape index (κ1) is 14.1. The lowest BCUT2D eigenvalue weighted by atomic mass is 10.3. The largest absolute Gasteiger partial charge is 0.489 e. The van der Waals surface area contributed by atoms with Crippen molar-refractivity contribution < 1.29 is 14.1 Å². The van der Waals surface area contributed by atoms with Gasteiger partial charge in [0.05, 0.1) is 4.92 Å². The number of hydrogen-bond acceptors (Lipinski definition) is 4. The third-order valence-corrected chi connectivity index (χ3v) is 2.18. The zero-order chi connectivity index (χ0) is 13.5. The van der Waals surface area contributed by atoms with Crippen molar-refractivity contribution in [3.05, 3.63) is 46.3 Å². The van der Waals surface area contributed by atoms with E-state index < -0.39 is 16.4 Å². The highest BCUT2D eigenvalue weighted by Gasteiger charge is 2.14. The molecule has 1 aromatic rings.